The van der Waals surface area contributed by atoms with E-state index in [-0.39, 0.29) is 0 Å². The molecule has 1 saturated heterocycles. The molecular formula is C17H20N2O. The first kappa shape index (κ1) is 14.4. The lowest BCUT2D eigenvalue weighted by atomic mass is 10.1. The first-order valence-corrected chi connectivity index (χ1v) is 6.91. The lowest BCUT2D eigenvalue weighted by Gasteiger charge is -2.18. The van der Waals surface area contributed by atoms with E-state index in [1.54, 1.807) is 12.1 Å². The van der Waals surface area contributed by atoms with Crippen LogP contribution < -0.4 is 0 Å². The van der Waals surface area contributed by atoms with Crippen molar-refractivity contribution in [2.24, 2.45) is 0 Å². The number of benzene rings is 1. The Morgan fingerprint density at radius 1 is 1.20 bits per heavy atom. The minimum absolute atomic E-state index is 0.610. The number of hydrogen-bond donors (Lipinski definition) is 0. The van der Waals surface area contributed by atoms with Gasteiger partial charge in [0.05, 0.1) is 0 Å². The molecule has 2 heterocycles. The predicted octanol–water partition coefficient (Wildman–Crippen LogP) is 3.35. The molecule has 0 spiro atoms. The van der Waals surface area contributed by atoms with Crippen molar-refractivity contribution < 1.29 is 4.79 Å². The Kier molecular flexibility index (Phi) is 5.44. The van der Waals surface area contributed by atoms with Gasteiger partial charge < -0.3 is 0 Å². The van der Waals surface area contributed by atoms with Crippen LogP contribution in [-0.2, 0) is 0 Å². The van der Waals surface area contributed by atoms with Crippen LogP contribution in [0.1, 0.15) is 34.8 Å². The van der Waals surface area contributed by atoms with E-state index in [1.165, 1.54) is 24.9 Å². The Morgan fingerprint density at radius 2 is 2.00 bits per heavy atom. The molecule has 0 saturated carbocycles. The molecule has 1 unspecified atom stereocenters. The number of likely N-dealkylation sites (tertiary alicyclic amines) is 1. The second kappa shape index (κ2) is 7.56. The highest BCUT2D eigenvalue weighted by Gasteiger charge is 2.21. The summed E-state index contributed by atoms with van der Waals surface area (Å²) in [5.41, 5.74) is 2.09. The van der Waals surface area contributed by atoms with Crippen LogP contribution in [0.4, 0.5) is 0 Å². The number of aldehydes is 1. The molecule has 1 fully saturated rings. The van der Waals surface area contributed by atoms with Gasteiger partial charge in [-0.05, 0) is 38.1 Å². The zero-order chi connectivity index (χ0) is 14.2. The fraction of sp³-hybridized carbons (Fsp3) is 0.294. The fourth-order valence-electron chi connectivity index (χ4n) is 2.44. The van der Waals surface area contributed by atoms with Gasteiger partial charge in [0.2, 0.25) is 0 Å². The first-order chi connectivity index (χ1) is 9.81. The van der Waals surface area contributed by atoms with Crippen LogP contribution >= 0.6 is 0 Å². The molecule has 104 valence electrons. The number of pyridine rings is 1. The standard InChI is InChI=1S/C10H14N2.C7H6O/c1-12-7-3-5-10(12)9-4-2-6-11-8-9;8-6-7-4-2-1-3-5-7/h2,4,6,8,10H,3,5,7H2,1H3;1-6H. The quantitative estimate of drug-likeness (QED) is 0.783. The van der Waals surface area contributed by atoms with Gasteiger partial charge >= 0.3 is 0 Å². The highest BCUT2D eigenvalue weighted by molar-refractivity contribution is 5.74. The Labute approximate surface area is 120 Å². The van der Waals surface area contributed by atoms with Gasteiger partial charge in [0.15, 0.2) is 0 Å². The van der Waals surface area contributed by atoms with Crippen molar-refractivity contribution in [2.75, 3.05) is 13.6 Å². The second-order valence-electron chi connectivity index (χ2n) is 4.95. The lowest BCUT2D eigenvalue weighted by molar-refractivity contribution is 0.112. The smallest absolute Gasteiger partial charge is 0.150 e. The summed E-state index contributed by atoms with van der Waals surface area (Å²) in [5, 5.41) is 0. The summed E-state index contributed by atoms with van der Waals surface area (Å²) in [7, 11) is 2.19. The summed E-state index contributed by atoms with van der Waals surface area (Å²) < 4.78 is 0. The number of rotatable bonds is 2. The van der Waals surface area contributed by atoms with Crippen molar-refractivity contribution in [3.8, 4) is 0 Å². The van der Waals surface area contributed by atoms with Crippen LogP contribution in [0.5, 0.6) is 0 Å². The highest BCUT2D eigenvalue weighted by atomic mass is 16.1. The van der Waals surface area contributed by atoms with Gasteiger partial charge in [-0.1, -0.05) is 36.4 Å². The number of carbonyl (C=O) groups is 1. The SMILES string of the molecule is CN1CCCC1c1cccnc1.O=Cc1ccccc1. The average molecular weight is 268 g/mol. The molecule has 3 rings (SSSR count). The Morgan fingerprint density at radius 3 is 2.50 bits per heavy atom. The van der Waals surface area contributed by atoms with E-state index in [0.29, 0.717) is 6.04 Å². The Bertz CT molecular complexity index is 513. The summed E-state index contributed by atoms with van der Waals surface area (Å²) in [4.78, 5) is 16.5. The molecule has 0 bridgehead atoms. The van der Waals surface area contributed by atoms with E-state index in [1.807, 2.05) is 36.7 Å². The molecule has 1 atom stereocenters. The van der Waals surface area contributed by atoms with E-state index in [2.05, 4.69) is 23.0 Å². The van der Waals surface area contributed by atoms with E-state index < -0.39 is 0 Å². The third-order valence-electron chi connectivity index (χ3n) is 3.53. The van der Waals surface area contributed by atoms with Crippen LogP contribution in [0.15, 0.2) is 54.9 Å². The van der Waals surface area contributed by atoms with Gasteiger partial charge in [-0.3, -0.25) is 14.7 Å². The number of nitrogens with zero attached hydrogens (tertiary/aromatic N) is 2. The molecule has 0 N–H and O–H groups in total. The van der Waals surface area contributed by atoms with E-state index in [0.717, 1.165) is 11.8 Å². The minimum Gasteiger partial charge on any atom is -0.299 e. The van der Waals surface area contributed by atoms with Gasteiger partial charge in [-0.15, -0.1) is 0 Å². The molecule has 1 aromatic heterocycles. The third kappa shape index (κ3) is 4.00. The number of hydrogen-bond acceptors (Lipinski definition) is 3. The molecule has 0 amide bonds. The topological polar surface area (TPSA) is 33.2 Å². The van der Waals surface area contributed by atoms with Gasteiger partial charge in [0.1, 0.15) is 6.29 Å². The van der Waals surface area contributed by atoms with Crippen LogP contribution in [0, 0.1) is 0 Å². The minimum atomic E-state index is 0.610. The zero-order valence-corrected chi connectivity index (χ0v) is 11.8. The molecule has 1 aliphatic rings. The fourth-order valence-corrected chi connectivity index (χ4v) is 2.44. The van der Waals surface area contributed by atoms with Crippen molar-refractivity contribution in [3.63, 3.8) is 0 Å². The van der Waals surface area contributed by atoms with Crippen molar-refractivity contribution in [2.45, 2.75) is 18.9 Å². The molecule has 1 aliphatic heterocycles. The van der Waals surface area contributed by atoms with Gasteiger partial charge in [-0.25, -0.2) is 0 Å². The first-order valence-electron chi connectivity index (χ1n) is 6.91. The molecule has 2 aromatic rings. The molecule has 0 aliphatic carbocycles. The molecule has 0 radical (unpaired) electrons. The maximum Gasteiger partial charge on any atom is 0.150 e. The molecule has 1 aromatic carbocycles. The van der Waals surface area contributed by atoms with Crippen molar-refractivity contribution >= 4 is 6.29 Å². The average Bonchev–Trinajstić information content (AvgIpc) is 2.96. The Hall–Kier alpha value is -2.00. The van der Waals surface area contributed by atoms with Gasteiger partial charge in [0.25, 0.3) is 0 Å². The van der Waals surface area contributed by atoms with Crippen molar-refractivity contribution in [3.05, 3.63) is 66.0 Å². The van der Waals surface area contributed by atoms with E-state index in [4.69, 9.17) is 0 Å². The van der Waals surface area contributed by atoms with Crippen LogP contribution in [0.3, 0.4) is 0 Å². The van der Waals surface area contributed by atoms with Crippen molar-refractivity contribution in [1.29, 1.82) is 0 Å². The second-order valence-corrected chi connectivity index (χ2v) is 4.95. The lowest BCUT2D eigenvalue weighted by Crippen LogP contribution is -2.17. The summed E-state index contributed by atoms with van der Waals surface area (Å²) in [6.07, 6.45) is 7.24. The van der Waals surface area contributed by atoms with E-state index >= 15 is 0 Å². The largest absolute Gasteiger partial charge is 0.299 e. The molecule has 3 nitrogen and oxygen atoms in total. The maximum absolute atomic E-state index is 10.0. The predicted molar refractivity (Wildman–Crippen MR) is 80.7 cm³/mol. The normalized spacial score (nSPS) is 18.1. The molecule has 20 heavy (non-hydrogen) atoms. The van der Waals surface area contributed by atoms with Gasteiger partial charge in [-0.2, -0.15) is 0 Å². The zero-order valence-electron chi connectivity index (χ0n) is 11.8. The van der Waals surface area contributed by atoms with Crippen molar-refractivity contribution in [1.82, 2.24) is 9.88 Å². The summed E-state index contributed by atoms with van der Waals surface area (Å²) in [6.45, 7) is 1.22. The molecular weight excluding hydrogens is 248 g/mol. The monoisotopic (exact) mass is 268 g/mol. The van der Waals surface area contributed by atoms with Gasteiger partial charge in [0, 0.05) is 24.0 Å². The number of aromatic nitrogens is 1. The Balaban J connectivity index is 0.000000160. The van der Waals surface area contributed by atoms with E-state index in [9.17, 15) is 4.79 Å². The molecule has 3 heteroatoms. The van der Waals surface area contributed by atoms with Crippen LogP contribution in [-0.4, -0.2) is 29.8 Å². The highest BCUT2D eigenvalue weighted by Crippen LogP contribution is 2.29. The van der Waals surface area contributed by atoms with Crippen LogP contribution in [0.25, 0.3) is 0 Å². The summed E-state index contributed by atoms with van der Waals surface area (Å²) in [6, 6.07) is 13.9. The summed E-state index contributed by atoms with van der Waals surface area (Å²) >= 11 is 0. The number of carbonyl (C=O) groups excluding carboxylic acids is 1. The maximum atomic E-state index is 10.0. The van der Waals surface area contributed by atoms with Crippen LogP contribution in [0.2, 0.25) is 0 Å². The third-order valence-corrected chi connectivity index (χ3v) is 3.53. The summed E-state index contributed by atoms with van der Waals surface area (Å²) in [5.74, 6) is 0.